The molecule has 2 aliphatic rings. The number of urea groups is 1. The number of fused-ring (bicyclic) bond motifs is 1. The fourth-order valence-corrected chi connectivity index (χ4v) is 3.04. The third-order valence-corrected chi connectivity index (χ3v) is 4.41. The summed E-state index contributed by atoms with van der Waals surface area (Å²) >= 11 is 0. The zero-order valence-electron chi connectivity index (χ0n) is 14.2. The van der Waals surface area contributed by atoms with E-state index in [-0.39, 0.29) is 11.9 Å². The Kier molecular flexibility index (Phi) is 4.33. The van der Waals surface area contributed by atoms with E-state index >= 15 is 0 Å². The number of amides is 3. The molecule has 3 rings (SSSR count). The monoisotopic (exact) mass is 328 g/mol. The van der Waals surface area contributed by atoms with Crippen molar-refractivity contribution in [3.05, 3.63) is 35.9 Å². The molecule has 0 saturated carbocycles. The van der Waals surface area contributed by atoms with Gasteiger partial charge in [-0.2, -0.15) is 0 Å². The normalized spacial score (nSPS) is 20.5. The van der Waals surface area contributed by atoms with Gasteiger partial charge >= 0.3 is 12.0 Å². The number of benzene rings is 1. The maximum absolute atomic E-state index is 12.5. The number of guanidine groups is 1. The van der Waals surface area contributed by atoms with E-state index < -0.39 is 6.04 Å². The quantitative estimate of drug-likeness (QED) is 0.819. The van der Waals surface area contributed by atoms with E-state index in [1.807, 2.05) is 29.7 Å². The van der Waals surface area contributed by atoms with Crippen molar-refractivity contribution in [3.63, 3.8) is 0 Å². The molecule has 2 aliphatic heterocycles. The molecule has 0 spiro atoms. The summed E-state index contributed by atoms with van der Waals surface area (Å²) in [6.07, 6.45) is 0.861. The summed E-state index contributed by atoms with van der Waals surface area (Å²) in [6, 6.07) is 9.30. The van der Waals surface area contributed by atoms with Gasteiger partial charge in [0.2, 0.25) is 11.9 Å². The van der Waals surface area contributed by atoms with E-state index in [1.54, 1.807) is 7.05 Å². The molecule has 1 unspecified atom stereocenters. The summed E-state index contributed by atoms with van der Waals surface area (Å²) in [7, 11) is 3.16. The average molecular weight is 328 g/mol. The van der Waals surface area contributed by atoms with Crippen molar-refractivity contribution >= 4 is 23.7 Å². The molecule has 0 radical (unpaired) electrons. The van der Waals surface area contributed by atoms with E-state index in [4.69, 9.17) is 0 Å². The fraction of sp³-hybridized carbons (Fsp3) is 0.412. The number of carbonyl (C=O) groups is 2. The number of aliphatic imine (C=N–C) groups is 1. The highest BCUT2D eigenvalue weighted by Crippen LogP contribution is 2.18. The van der Waals surface area contributed by atoms with E-state index in [9.17, 15) is 9.59 Å². The lowest BCUT2D eigenvalue weighted by molar-refractivity contribution is -0.533. The summed E-state index contributed by atoms with van der Waals surface area (Å²) in [4.78, 5) is 31.7. The molecular weight excluding hydrogens is 306 g/mol. The first-order valence-corrected chi connectivity index (χ1v) is 8.09. The van der Waals surface area contributed by atoms with Gasteiger partial charge in [-0.3, -0.25) is 19.9 Å². The predicted octanol–water partition coefficient (Wildman–Crippen LogP) is 0.512. The van der Waals surface area contributed by atoms with Crippen molar-refractivity contribution in [2.45, 2.75) is 19.4 Å². The molecule has 2 heterocycles. The predicted molar refractivity (Wildman–Crippen MR) is 91.1 cm³/mol. The summed E-state index contributed by atoms with van der Waals surface area (Å²) in [5.74, 6) is 0.905. The highest BCUT2D eigenvalue weighted by atomic mass is 16.2. The molecule has 0 aliphatic carbocycles. The van der Waals surface area contributed by atoms with Gasteiger partial charge in [-0.15, -0.1) is 0 Å². The Hall–Kier alpha value is -2.70. The van der Waals surface area contributed by atoms with Gasteiger partial charge in [-0.05, 0) is 12.5 Å². The largest absolute Gasteiger partial charge is 0.390 e. The number of amidine groups is 1. The molecule has 7 nitrogen and oxygen atoms in total. The Labute approximate surface area is 141 Å². The molecule has 24 heavy (non-hydrogen) atoms. The first kappa shape index (κ1) is 16.2. The topological polar surface area (TPSA) is 68.0 Å². The number of likely N-dealkylation sites (N-methyl/N-ethyl adjacent to an activating group) is 3. The number of hydrogen-bond acceptors (Lipinski definition) is 4. The Morgan fingerprint density at radius 3 is 2.54 bits per heavy atom. The van der Waals surface area contributed by atoms with Crippen molar-refractivity contribution in [1.82, 2.24) is 15.1 Å². The van der Waals surface area contributed by atoms with Gasteiger partial charge in [-0.25, -0.2) is 9.37 Å². The number of nitrogens with zero attached hydrogens (tertiary/aromatic N) is 4. The minimum atomic E-state index is -0.526. The molecular formula is C17H22N5O2+. The van der Waals surface area contributed by atoms with Crippen LogP contribution in [0.5, 0.6) is 0 Å². The lowest BCUT2D eigenvalue weighted by Crippen LogP contribution is -2.61. The average Bonchev–Trinajstić information content (AvgIpc) is 2.97. The van der Waals surface area contributed by atoms with Gasteiger partial charge < -0.3 is 0 Å². The molecule has 1 N–H and O–H groups in total. The molecule has 0 bridgehead atoms. The molecule has 0 aromatic heterocycles. The Morgan fingerprint density at radius 1 is 1.17 bits per heavy atom. The summed E-state index contributed by atoms with van der Waals surface area (Å²) in [5.41, 5.74) is 1.24. The summed E-state index contributed by atoms with van der Waals surface area (Å²) in [6.45, 7) is 3.31. The van der Waals surface area contributed by atoms with Crippen molar-refractivity contribution in [3.8, 4) is 0 Å². The first-order valence-electron chi connectivity index (χ1n) is 8.09. The third-order valence-electron chi connectivity index (χ3n) is 4.41. The molecule has 1 atom stereocenters. The molecule has 1 fully saturated rings. The van der Waals surface area contributed by atoms with Crippen LogP contribution in [0.2, 0.25) is 0 Å². The Balaban J connectivity index is 1.77. The van der Waals surface area contributed by atoms with E-state index in [1.165, 1.54) is 17.5 Å². The van der Waals surface area contributed by atoms with Crippen LogP contribution in [0.25, 0.3) is 0 Å². The van der Waals surface area contributed by atoms with Gasteiger partial charge in [0.25, 0.3) is 5.91 Å². The number of hydrogen-bond donors (Lipinski definition) is 1. The minimum absolute atomic E-state index is 0.237. The second kappa shape index (κ2) is 6.43. The van der Waals surface area contributed by atoms with Crippen LogP contribution in [0.15, 0.2) is 35.3 Å². The van der Waals surface area contributed by atoms with Crippen molar-refractivity contribution in [1.29, 1.82) is 0 Å². The number of imide groups is 1. The van der Waals surface area contributed by atoms with Gasteiger partial charge in [0.15, 0.2) is 0 Å². The third kappa shape index (κ3) is 2.66. The van der Waals surface area contributed by atoms with Crippen LogP contribution < -0.4 is 5.32 Å². The van der Waals surface area contributed by atoms with Crippen LogP contribution in [0.4, 0.5) is 4.79 Å². The van der Waals surface area contributed by atoms with Crippen LogP contribution in [0, 0.1) is 0 Å². The van der Waals surface area contributed by atoms with E-state index in [2.05, 4.69) is 22.4 Å². The maximum Gasteiger partial charge on any atom is 0.390 e. The SMILES string of the molecule is CC[N+]1=C(NCCc2ccccc2)N=C2C1C(=O)N(C)C(=O)N2C. The Bertz CT molecular complexity index is 726. The van der Waals surface area contributed by atoms with E-state index in [0.717, 1.165) is 11.3 Å². The number of carbonyl (C=O) groups excluding carboxylic acids is 2. The van der Waals surface area contributed by atoms with Crippen LogP contribution >= 0.6 is 0 Å². The summed E-state index contributed by atoms with van der Waals surface area (Å²) in [5, 5.41) is 3.30. The zero-order chi connectivity index (χ0) is 17.3. The van der Waals surface area contributed by atoms with Gasteiger partial charge in [0, 0.05) is 20.5 Å². The lowest BCUT2D eigenvalue weighted by atomic mass is 10.1. The first-order chi connectivity index (χ1) is 11.5. The van der Waals surface area contributed by atoms with Crippen molar-refractivity contribution in [2.75, 3.05) is 27.2 Å². The minimum Gasteiger partial charge on any atom is -0.274 e. The van der Waals surface area contributed by atoms with Gasteiger partial charge in [0.05, 0.1) is 13.1 Å². The second-order valence-electron chi connectivity index (χ2n) is 5.88. The van der Waals surface area contributed by atoms with E-state index in [0.29, 0.717) is 24.9 Å². The lowest BCUT2D eigenvalue weighted by Gasteiger charge is -2.31. The molecule has 1 aromatic carbocycles. The van der Waals surface area contributed by atoms with Crippen LogP contribution in [0.3, 0.4) is 0 Å². The molecule has 126 valence electrons. The van der Waals surface area contributed by atoms with Crippen molar-refractivity contribution < 1.29 is 14.2 Å². The highest BCUT2D eigenvalue weighted by Gasteiger charge is 2.50. The molecule has 1 aromatic rings. The molecule has 3 amide bonds. The second-order valence-corrected chi connectivity index (χ2v) is 5.88. The number of rotatable bonds is 4. The van der Waals surface area contributed by atoms with Gasteiger partial charge in [-0.1, -0.05) is 35.3 Å². The maximum atomic E-state index is 12.5. The highest BCUT2D eigenvalue weighted by molar-refractivity contribution is 6.22. The van der Waals surface area contributed by atoms with Crippen LogP contribution in [-0.2, 0) is 11.2 Å². The zero-order valence-corrected chi connectivity index (χ0v) is 14.2. The molecule has 1 saturated heterocycles. The van der Waals surface area contributed by atoms with Crippen molar-refractivity contribution in [2.24, 2.45) is 4.99 Å². The van der Waals surface area contributed by atoms with Crippen LogP contribution in [-0.4, -0.2) is 71.3 Å². The summed E-state index contributed by atoms with van der Waals surface area (Å²) < 4.78 is 1.90. The molecule has 7 heteroatoms. The fourth-order valence-electron chi connectivity index (χ4n) is 3.04. The Morgan fingerprint density at radius 2 is 1.88 bits per heavy atom. The van der Waals surface area contributed by atoms with Crippen LogP contribution in [0.1, 0.15) is 12.5 Å². The van der Waals surface area contributed by atoms with Gasteiger partial charge in [0.1, 0.15) is 0 Å². The smallest absolute Gasteiger partial charge is 0.274 e. The number of nitrogens with one attached hydrogen (secondary N) is 1. The standard InChI is InChI=1S/C17H21N5O2/c1-4-22-13-14(20(2)17(24)21(3)15(13)23)19-16(22)18-11-10-12-8-6-5-7-9-12/h5-9,13H,4,10-11H2,1-3H3/p+1.